The maximum atomic E-state index is 9.65. The highest BCUT2D eigenvalue weighted by molar-refractivity contribution is 5.39. The molecule has 1 aromatic rings. The molecule has 13 heavy (non-hydrogen) atoms. The summed E-state index contributed by atoms with van der Waals surface area (Å²) in [7, 11) is 0. The van der Waals surface area contributed by atoms with Gasteiger partial charge in [-0.15, -0.1) is 0 Å². The Hall–Kier alpha value is -1.24. The molecule has 1 heteroatoms. The molecule has 0 saturated carbocycles. The van der Waals surface area contributed by atoms with Crippen molar-refractivity contribution in [3.63, 3.8) is 0 Å². The van der Waals surface area contributed by atoms with Crippen LogP contribution in [0, 0.1) is 6.92 Å². The van der Waals surface area contributed by atoms with E-state index in [1.807, 2.05) is 32.1 Å². The molecule has 70 valence electrons. The summed E-state index contributed by atoms with van der Waals surface area (Å²) in [6, 6.07) is 5.81. The predicted molar refractivity (Wildman–Crippen MR) is 56.1 cm³/mol. The molecule has 1 aromatic carbocycles. The van der Waals surface area contributed by atoms with Gasteiger partial charge in [-0.05, 0) is 25.5 Å². The largest absolute Gasteiger partial charge is 0.508 e. The summed E-state index contributed by atoms with van der Waals surface area (Å²) >= 11 is 0. The fourth-order valence-corrected chi connectivity index (χ4v) is 1.43. The molecule has 0 amide bonds. The fourth-order valence-electron chi connectivity index (χ4n) is 1.43. The summed E-state index contributed by atoms with van der Waals surface area (Å²) in [5, 5.41) is 9.65. The molecule has 0 radical (unpaired) electrons. The van der Waals surface area contributed by atoms with Crippen LogP contribution in [0.15, 0.2) is 30.4 Å². The SMILES string of the molecule is C/C=C\[C@H](C)c1ccc(C)cc1O. The molecule has 1 N–H and O–H groups in total. The first kappa shape index (κ1) is 9.85. The van der Waals surface area contributed by atoms with Gasteiger partial charge in [0, 0.05) is 11.5 Å². The van der Waals surface area contributed by atoms with E-state index in [2.05, 4.69) is 13.0 Å². The van der Waals surface area contributed by atoms with Gasteiger partial charge in [0.2, 0.25) is 0 Å². The monoisotopic (exact) mass is 176 g/mol. The van der Waals surface area contributed by atoms with Crippen LogP contribution in [-0.4, -0.2) is 5.11 Å². The second-order valence-electron chi connectivity index (χ2n) is 3.38. The van der Waals surface area contributed by atoms with Gasteiger partial charge in [0.05, 0.1) is 0 Å². The van der Waals surface area contributed by atoms with Crippen molar-refractivity contribution in [2.75, 3.05) is 0 Å². The Morgan fingerprint density at radius 2 is 2.08 bits per heavy atom. The van der Waals surface area contributed by atoms with E-state index in [1.165, 1.54) is 0 Å². The zero-order chi connectivity index (χ0) is 9.84. The Kier molecular flexibility index (Phi) is 3.13. The van der Waals surface area contributed by atoms with Crippen LogP contribution in [0.4, 0.5) is 0 Å². The lowest BCUT2D eigenvalue weighted by Crippen LogP contribution is -1.90. The first-order valence-corrected chi connectivity index (χ1v) is 4.57. The van der Waals surface area contributed by atoms with E-state index < -0.39 is 0 Å². The minimum absolute atomic E-state index is 0.283. The zero-order valence-corrected chi connectivity index (χ0v) is 8.41. The summed E-state index contributed by atoms with van der Waals surface area (Å²) in [6.07, 6.45) is 4.08. The average Bonchev–Trinajstić information content (AvgIpc) is 2.04. The van der Waals surface area contributed by atoms with Gasteiger partial charge in [-0.25, -0.2) is 0 Å². The number of phenols is 1. The van der Waals surface area contributed by atoms with E-state index in [4.69, 9.17) is 0 Å². The summed E-state index contributed by atoms with van der Waals surface area (Å²) in [5.41, 5.74) is 2.08. The summed E-state index contributed by atoms with van der Waals surface area (Å²) in [4.78, 5) is 0. The lowest BCUT2D eigenvalue weighted by Gasteiger charge is -2.09. The smallest absolute Gasteiger partial charge is 0.119 e. The van der Waals surface area contributed by atoms with Gasteiger partial charge >= 0.3 is 0 Å². The Balaban J connectivity index is 3.01. The Labute approximate surface area is 79.7 Å². The van der Waals surface area contributed by atoms with Crippen molar-refractivity contribution in [1.29, 1.82) is 0 Å². The van der Waals surface area contributed by atoms with Crippen LogP contribution in [-0.2, 0) is 0 Å². The molecular weight excluding hydrogens is 160 g/mol. The van der Waals surface area contributed by atoms with Gasteiger partial charge < -0.3 is 5.11 Å². The molecule has 0 aliphatic rings. The fraction of sp³-hybridized carbons (Fsp3) is 0.333. The van der Waals surface area contributed by atoms with Gasteiger partial charge in [-0.3, -0.25) is 0 Å². The molecule has 0 fully saturated rings. The second-order valence-corrected chi connectivity index (χ2v) is 3.38. The molecule has 0 aliphatic carbocycles. The van der Waals surface area contributed by atoms with Crippen molar-refractivity contribution in [1.82, 2.24) is 0 Å². The highest BCUT2D eigenvalue weighted by atomic mass is 16.3. The molecule has 1 atom stereocenters. The van der Waals surface area contributed by atoms with Crippen molar-refractivity contribution < 1.29 is 5.11 Å². The molecule has 1 rings (SSSR count). The third kappa shape index (κ3) is 2.35. The molecule has 0 saturated heterocycles. The third-order valence-corrected chi connectivity index (χ3v) is 2.16. The van der Waals surface area contributed by atoms with Crippen molar-refractivity contribution >= 4 is 0 Å². The molecule has 1 nitrogen and oxygen atoms in total. The minimum Gasteiger partial charge on any atom is -0.508 e. The van der Waals surface area contributed by atoms with Crippen LogP contribution < -0.4 is 0 Å². The number of rotatable bonds is 2. The molecular formula is C12H16O. The maximum Gasteiger partial charge on any atom is 0.119 e. The second kappa shape index (κ2) is 4.13. The molecule has 0 aliphatic heterocycles. The van der Waals surface area contributed by atoms with Crippen molar-refractivity contribution in [2.45, 2.75) is 26.7 Å². The third-order valence-electron chi connectivity index (χ3n) is 2.16. The van der Waals surface area contributed by atoms with Gasteiger partial charge in [0.15, 0.2) is 0 Å². The van der Waals surface area contributed by atoms with E-state index >= 15 is 0 Å². The first-order chi connectivity index (χ1) is 6.15. The van der Waals surface area contributed by atoms with Crippen LogP contribution in [0.1, 0.15) is 30.9 Å². The van der Waals surface area contributed by atoms with E-state index in [1.54, 1.807) is 6.07 Å². The highest BCUT2D eigenvalue weighted by Gasteiger charge is 2.06. The summed E-state index contributed by atoms with van der Waals surface area (Å²) in [6.45, 7) is 6.04. The quantitative estimate of drug-likeness (QED) is 0.685. The average molecular weight is 176 g/mol. The molecule has 0 heterocycles. The van der Waals surface area contributed by atoms with Gasteiger partial charge in [0.25, 0.3) is 0 Å². The summed E-state index contributed by atoms with van der Waals surface area (Å²) < 4.78 is 0. The number of hydrogen-bond donors (Lipinski definition) is 1. The highest BCUT2D eigenvalue weighted by Crippen LogP contribution is 2.27. The number of aromatic hydroxyl groups is 1. The van der Waals surface area contributed by atoms with Crippen molar-refractivity contribution in [2.24, 2.45) is 0 Å². The summed E-state index contributed by atoms with van der Waals surface area (Å²) in [5.74, 6) is 0.677. The molecule has 0 unspecified atom stereocenters. The number of allylic oxidation sites excluding steroid dienone is 2. The Morgan fingerprint density at radius 1 is 1.38 bits per heavy atom. The van der Waals surface area contributed by atoms with E-state index in [0.717, 1.165) is 11.1 Å². The van der Waals surface area contributed by atoms with Crippen LogP contribution in [0.3, 0.4) is 0 Å². The zero-order valence-electron chi connectivity index (χ0n) is 8.41. The van der Waals surface area contributed by atoms with Gasteiger partial charge in [0.1, 0.15) is 5.75 Å². The standard InChI is InChI=1S/C12H16O/c1-4-5-10(3)11-7-6-9(2)8-12(11)13/h4-8,10,13H,1-3H3/b5-4-/t10-/m0/s1. The van der Waals surface area contributed by atoms with E-state index in [-0.39, 0.29) is 5.92 Å². The Bertz CT molecular complexity index is 313. The normalized spacial score (nSPS) is 13.5. The predicted octanol–water partition coefficient (Wildman–Crippen LogP) is 3.38. The van der Waals surface area contributed by atoms with E-state index in [0.29, 0.717) is 5.75 Å². The van der Waals surface area contributed by atoms with E-state index in [9.17, 15) is 5.11 Å². The van der Waals surface area contributed by atoms with Crippen LogP contribution in [0.25, 0.3) is 0 Å². The Morgan fingerprint density at radius 3 is 2.62 bits per heavy atom. The number of aryl methyl sites for hydroxylation is 1. The lowest BCUT2D eigenvalue weighted by molar-refractivity contribution is 0.466. The molecule has 0 aromatic heterocycles. The first-order valence-electron chi connectivity index (χ1n) is 4.57. The van der Waals surface area contributed by atoms with Gasteiger partial charge in [-0.2, -0.15) is 0 Å². The van der Waals surface area contributed by atoms with Gasteiger partial charge in [-0.1, -0.05) is 31.2 Å². The van der Waals surface area contributed by atoms with Crippen molar-refractivity contribution in [3.05, 3.63) is 41.5 Å². The topological polar surface area (TPSA) is 20.2 Å². The molecule has 0 bridgehead atoms. The van der Waals surface area contributed by atoms with Crippen LogP contribution in [0.5, 0.6) is 5.75 Å². The molecule has 0 spiro atoms. The lowest BCUT2D eigenvalue weighted by atomic mass is 9.98. The number of phenolic OH excluding ortho intramolecular Hbond substituents is 1. The van der Waals surface area contributed by atoms with Crippen molar-refractivity contribution in [3.8, 4) is 5.75 Å². The van der Waals surface area contributed by atoms with Crippen LogP contribution >= 0.6 is 0 Å². The van der Waals surface area contributed by atoms with Crippen LogP contribution in [0.2, 0.25) is 0 Å². The maximum absolute atomic E-state index is 9.65. The number of benzene rings is 1. The minimum atomic E-state index is 0.283. The number of hydrogen-bond acceptors (Lipinski definition) is 1.